The molecule has 0 unspecified atom stereocenters. The van der Waals surface area contributed by atoms with Gasteiger partial charge >= 0.3 is 6.36 Å². The van der Waals surface area contributed by atoms with Crippen LogP contribution in [0.2, 0.25) is 0 Å². The van der Waals surface area contributed by atoms with Gasteiger partial charge in [0, 0.05) is 24.5 Å². The highest BCUT2D eigenvalue weighted by Gasteiger charge is 2.31. The maximum atomic E-state index is 12.3. The molecule has 2 aromatic rings. The van der Waals surface area contributed by atoms with E-state index in [1.807, 2.05) is 26.8 Å². The van der Waals surface area contributed by atoms with Crippen molar-refractivity contribution in [3.05, 3.63) is 53.7 Å². The van der Waals surface area contributed by atoms with E-state index in [-0.39, 0.29) is 11.7 Å². The first-order valence-corrected chi connectivity index (χ1v) is 9.76. The number of anilines is 2. The van der Waals surface area contributed by atoms with Crippen LogP contribution in [-0.2, 0) is 0 Å². The van der Waals surface area contributed by atoms with Crippen LogP contribution in [0, 0.1) is 0 Å². The van der Waals surface area contributed by atoms with Crippen molar-refractivity contribution in [2.75, 3.05) is 12.4 Å². The zero-order valence-electron chi connectivity index (χ0n) is 17.9. The Kier molecular flexibility index (Phi) is 9.88. The fourth-order valence-corrected chi connectivity index (χ4v) is 2.62. The third-order valence-electron chi connectivity index (χ3n) is 3.91. The van der Waals surface area contributed by atoms with Crippen LogP contribution >= 0.6 is 0 Å². The summed E-state index contributed by atoms with van der Waals surface area (Å²) in [4.78, 5) is 16.6. The van der Waals surface area contributed by atoms with Crippen molar-refractivity contribution in [2.24, 2.45) is 0 Å². The minimum atomic E-state index is -4.74. The molecule has 30 heavy (non-hydrogen) atoms. The van der Waals surface area contributed by atoms with E-state index in [1.54, 1.807) is 13.1 Å². The zero-order valence-corrected chi connectivity index (χ0v) is 17.9. The fourth-order valence-electron chi connectivity index (χ4n) is 2.62. The van der Waals surface area contributed by atoms with E-state index < -0.39 is 6.36 Å². The number of rotatable bonds is 7. The number of nitrogens with zero attached hydrogens (tertiary/aromatic N) is 1. The first-order chi connectivity index (χ1) is 14.2. The van der Waals surface area contributed by atoms with Gasteiger partial charge in [0.05, 0.1) is 5.56 Å². The Balaban J connectivity index is 0.00000218. The van der Waals surface area contributed by atoms with Crippen molar-refractivity contribution in [1.82, 2.24) is 10.3 Å². The van der Waals surface area contributed by atoms with E-state index in [1.165, 1.54) is 30.5 Å². The second-order valence-electron chi connectivity index (χ2n) is 6.03. The number of halogens is 3. The Labute approximate surface area is 175 Å². The summed E-state index contributed by atoms with van der Waals surface area (Å²) in [6.45, 7) is 7.95. The molecule has 0 aliphatic heterocycles. The molecule has 0 atom stereocenters. The number of nitrogens with one attached hydrogen (secondary N) is 2. The number of hydrogen-bond donors (Lipinski definition) is 2. The SMILES string of the molecule is CC.CCC/C=C(/C)c1c(C(=O)NC)ccnc1Nc1ccc(OC(F)(F)F)cc1. The molecule has 0 bridgehead atoms. The molecule has 2 N–H and O–H groups in total. The molecule has 0 radical (unpaired) electrons. The Hall–Kier alpha value is -3.03. The molecule has 1 aromatic heterocycles. The van der Waals surface area contributed by atoms with Gasteiger partial charge in [-0.3, -0.25) is 4.79 Å². The highest BCUT2D eigenvalue weighted by Crippen LogP contribution is 2.30. The molecule has 0 fully saturated rings. The van der Waals surface area contributed by atoms with Crippen LogP contribution in [0.3, 0.4) is 0 Å². The summed E-state index contributed by atoms with van der Waals surface area (Å²) in [5, 5.41) is 5.68. The number of benzene rings is 1. The lowest BCUT2D eigenvalue weighted by Crippen LogP contribution is -2.20. The number of allylic oxidation sites excluding steroid dienone is 2. The third kappa shape index (κ3) is 7.42. The summed E-state index contributed by atoms with van der Waals surface area (Å²) in [5.74, 6) is -0.126. The summed E-state index contributed by atoms with van der Waals surface area (Å²) >= 11 is 0. The van der Waals surface area contributed by atoms with E-state index in [0.717, 1.165) is 18.4 Å². The molecule has 0 saturated carbocycles. The molecule has 164 valence electrons. The van der Waals surface area contributed by atoms with Gasteiger partial charge < -0.3 is 15.4 Å². The highest BCUT2D eigenvalue weighted by atomic mass is 19.4. The molecule has 0 aliphatic carbocycles. The molecule has 1 aromatic carbocycles. The summed E-state index contributed by atoms with van der Waals surface area (Å²) in [7, 11) is 1.55. The van der Waals surface area contributed by atoms with Crippen molar-refractivity contribution in [3.8, 4) is 5.75 Å². The van der Waals surface area contributed by atoms with Crippen LogP contribution in [0.15, 0.2) is 42.6 Å². The number of pyridine rings is 1. The number of amides is 1. The predicted octanol–water partition coefficient (Wildman–Crippen LogP) is 6.31. The number of hydrogen-bond acceptors (Lipinski definition) is 4. The molecule has 5 nitrogen and oxygen atoms in total. The predicted molar refractivity (Wildman–Crippen MR) is 114 cm³/mol. The average molecular weight is 423 g/mol. The van der Waals surface area contributed by atoms with Crippen LogP contribution < -0.4 is 15.4 Å². The second kappa shape index (κ2) is 11.8. The van der Waals surface area contributed by atoms with Crippen LogP contribution in [0.5, 0.6) is 5.75 Å². The number of carbonyl (C=O) groups is 1. The monoisotopic (exact) mass is 423 g/mol. The first kappa shape index (κ1) is 25.0. The van der Waals surface area contributed by atoms with Crippen LogP contribution in [0.25, 0.3) is 5.57 Å². The van der Waals surface area contributed by atoms with E-state index in [9.17, 15) is 18.0 Å². The summed E-state index contributed by atoms with van der Waals surface area (Å²) in [6, 6.07) is 6.94. The normalized spacial score (nSPS) is 11.3. The van der Waals surface area contributed by atoms with Gasteiger partial charge in [-0.1, -0.05) is 33.3 Å². The number of ether oxygens (including phenoxy) is 1. The maximum absolute atomic E-state index is 12.3. The molecular weight excluding hydrogens is 395 g/mol. The van der Waals surface area contributed by atoms with Crippen molar-refractivity contribution >= 4 is 23.0 Å². The van der Waals surface area contributed by atoms with Gasteiger partial charge in [-0.25, -0.2) is 4.98 Å². The number of carbonyl (C=O) groups excluding carboxylic acids is 1. The molecular formula is C22H28F3N3O2. The molecule has 0 aliphatic rings. The Morgan fingerprint density at radius 2 is 1.80 bits per heavy atom. The first-order valence-electron chi connectivity index (χ1n) is 9.76. The lowest BCUT2D eigenvalue weighted by atomic mass is 9.99. The lowest BCUT2D eigenvalue weighted by Gasteiger charge is -2.16. The van der Waals surface area contributed by atoms with Gasteiger partial charge in [0.15, 0.2) is 0 Å². The van der Waals surface area contributed by atoms with Gasteiger partial charge in [0.2, 0.25) is 0 Å². The highest BCUT2D eigenvalue weighted by molar-refractivity contribution is 6.01. The van der Waals surface area contributed by atoms with Gasteiger partial charge in [0.1, 0.15) is 11.6 Å². The van der Waals surface area contributed by atoms with Crippen molar-refractivity contribution in [1.29, 1.82) is 0 Å². The third-order valence-corrected chi connectivity index (χ3v) is 3.91. The molecule has 1 amide bonds. The van der Waals surface area contributed by atoms with Gasteiger partial charge in [-0.15, -0.1) is 13.2 Å². The van der Waals surface area contributed by atoms with Gasteiger partial charge in [-0.2, -0.15) is 0 Å². The Morgan fingerprint density at radius 1 is 1.17 bits per heavy atom. The van der Waals surface area contributed by atoms with E-state index in [0.29, 0.717) is 22.6 Å². The minimum Gasteiger partial charge on any atom is -0.406 e. The summed E-state index contributed by atoms with van der Waals surface area (Å²) < 4.78 is 40.8. The van der Waals surface area contributed by atoms with E-state index in [2.05, 4.69) is 27.3 Å². The topological polar surface area (TPSA) is 63.2 Å². The minimum absolute atomic E-state index is 0.251. The van der Waals surface area contributed by atoms with Crippen LogP contribution in [-0.4, -0.2) is 24.3 Å². The van der Waals surface area contributed by atoms with Crippen LogP contribution in [0.4, 0.5) is 24.7 Å². The standard InChI is InChI=1S/C20H22F3N3O2.C2H6/c1-4-5-6-13(2)17-16(19(27)24-3)11-12-25-18(17)26-14-7-9-15(10-8-14)28-20(21,22)23;1-2/h6-12H,4-5H2,1-3H3,(H,24,27)(H,25,26);1-2H3/b13-6-;. The van der Waals surface area contributed by atoms with Crippen LogP contribution in [0.1, 0.15) is 56.5 Å². The average Bonchev–Trinajstić information content (AvgIpc) is 2.73. The number of alkyl halides is 3. The second-order valence-corrected chi connectivity index (χ2v) is 6.03. The van der Waals surface area contributed by atoms with E-state index >= 15 is 0 Å². The smallest absolute Gasteiger partial charge is 0.406 e. The van der Waals surface area contributed by atoms with Gasteiger partial charge in [-0.05, 0) is 49.2 Å². The number of unbranched alkanes of at least 4 members (excludes halogenated alkanes) is 1. The lowest BCUT2D eigenvalue weighted by molar-refractivity contribution is -0.274. The Bertz CT molecular complexity index is 848. The molecule has 8 heteroatoms. The van der Waals surface area contributed by atoms with Gasteiger partial charge in [0.25, 0.3) is 5.91 Å². The number of aromatic nitrogens is 1. The molecule has 1 heterocycles. The quantitative estimate of drug-likeness (QED) is 0.548. The summed E-state index contributed by atoms with van der Waals surface area (Å²) in [5.41, 5.74) is 2.50. The van der Waals surface area contributed by atoms with Crippen molar-refractivity contribution in [3.63, 3.8) is 0 Å². The fraction of sp³-hybridized carbons (Fsp3) is 0.364. The zero-order chi connectivity index (χ0) is 22.7. The summed E-state index contributed by atoms with van der Waals surface area (Å²) in [6.07, 6.45) is 0.583. The maximum Gasteiger partial charge on any atom is 0.573 e. The molecule has 0 saturated heterocycles. The Morgan fingerprint density at radius 3 is 2.33 bits per heavy atom. The molecule has 0 spiro atoms. The largest absolute Gasteiger partial charge is 0.573 e. The van der Waals surface area contributed by atoms with Crippen molar-refractivity contribution in [2.45, 2.75) is 46.9 Å². The van der Waals surface area contributed by atoms with Crippen molar-refractivity contribution < 1.29 is 22.7 Å². The molecule has 2 rings (SSSR count). The van der Waals surface area contributed by atoms with E-state index in [4.69, 9.17) is 0 Å².